The fourth-order valence-corrected chi connectivity index (χ4v) is 1.78. The molecule has 0 bridgehead atoms. The summed E-state index contributed by atoms with van der Waals surface area (Å²) >= 11 is 1.76. The average molecular weight is 190 g/mol. The molecule has 0 aliphatic rings. The molecule has 1 N–H and O–H groups in total. The predicted octanol–water partition coefficient (Wildman–Crippen LogP) is 3.02. The average Bonchev–Trinajstić information content (AvgIpc) is 2.84. The molecule has 0 spiro atoms. The summed E-state index contributed by atoms with van der Waals surface area (Å²) in [6, 6.07) is 8.04. The highest BCUT2D eigenvalue weighted by molar-refractivity contribution is 7.15. The van der Waals surface area contributed by atoms with Crippen LogP contribution in [0, 0.1) is 0 Å². The van der Waals surface area contributed by atoms with Gasteiger partial charge in [0.2, 0.25) is 0 Å². The van der Waals surface area contributed by atoms with Gasteiger partial charge in [-0.05, 0) is 24.3 Å². The molecule has 3 heteroatoms. The molecule has 0 fully saturated rings. The Hall–Kier alpha value is -1.48. The standard InChI is InChI=1S/C6H5NS.C4H5N/c1-2-6-7(3-1)4-5-8-6;1-2-4-5-3-1/h1-5H;1-5H. The van der Waals surface area contributed by atoms with E-state index in [0.29, 0.717) is 0 Å². The third-order valence-electron chi connectivity index (χ3n) is 1.65. The Balaban J connectivity index is 0.000000113. The number of aromatic amines is 1. The van der Waals surface area contributed by atoms with Crippen LogP contribution in [0.25, 0.3) is 4.83 Å². The lowest BCUT2D eigenvalue weighted by molar-refractivity contribution is 1.24. The second kappa shape index (κ2) is 3.96. The summed E-state index contributed by atoms with van der Waals surface area (Å²) in [6.07, 6.45) is 7.85. The quantitative estimate of drug-likeness (QED) is 0.562. The number of hydrogen-bond acceptors (Lipinski definition) is 1. The van der Waals surface area contributed by atoms with E-state index in [1.165, 1.54) is 4.83 Å². The lowest BCUT2D eigenvalue weighted by Gasteiger charge is -1.73. The molecule has 0 radical (unpaired) electrons. The summed E-state index contributed by atoms with van der Waals surface area (Å²) < 4.78 is 2.10. The molecule has 0 atom stereocenters. The van der Waals surface area contributed by atoms with Crippen molar-refractivity contribution < 1.29 is 0 Å². The third-order valence-corrected chi connectivity index (χ3v) is 2.49. The van der Waals surface area contributed by atoms with Crippen LogP contribution >= 0.6 is 11.3 Å². The van der Waals surface area contributed by atoms with Gasteiger partial charge in [-0.1, -0.05) is 0 Å². The van der Waals surface area contributed by atoms with Gasteiger partial charge in [0, 0.05) is 30.2 Å². The van der Waals surface area contributed by atoms with Gasteiger partial charge >= 0.3 is 0 Å². The normalized spacial score (nSPS) is 9.54. The second-order valence-electron chi connectivity index (χ2n) is 2.54. The Bertz CT molecular complexity index is 368. The van der Waals surface area contributed by atoms with Crippen molar-refractivity contribution in [2.24, 2.45) is 0 Å². The van der Waals surface area contributed by atoms with E-state index in [4.69, 9.17) is 0 Å². The first-order valence-electron chi connectivity index (χ1n) is 4.05. The van der Waals surface area contributed by atoms with Crippen LogP contribution in [-0.4, -0.2) is 9.38 Å². The second-order valence-corrected chi connectivity index (χ2v) is 3.47. The van der Waals surface area contributed by atoms with Crippen molar-refractivity contribution in [1.29, 1.82) is 0 Å². The summed E-state index contributed by atoms with van der Waals surface area (Å²) in [4.78, 5) is 4.17. The minimum atomic E-state index is 1.31. The molecule has 0 unspecified atom stereocenters. The van der Waals surface area contributed by atoms with Gasteiger partial charge in [-0.15, -0.1) is 11.3 Å². The summed E-state index contributed by atoms with van der Waals surface area (Å²) in [7, 11) is 0. The van der Waals surface area contributed by atoms with Crippen LogP contribution in [0.2, 0.25) is 0 Å². The van der Waals surface area contributed by atoms with E-state index < -0.39 is 0 Å². The number of rotatable bonds is 0. The lowest BCUT2D eigenvalue weighted by Crippen LogP contribution is -1.64. The molecule has 3 heterocycles. The van der Waals surface area contributed by atoms with Crippen LogP contribution in [0.4, 0.5) is 0 Å². The monoisotopic (exact) mass is 190 g/mol. The number of fused-ring (bicyclic) bond motifs is 1. The summed E-state index contributed by atoms with van der Waals surface area (Å²) in [6.45, 7) is 0. The van der Waals surface area contributed by atoms with Crippen molar-refractivity contribution in [2.45, 2.75) is 0 Å². The maximum absolute atomic E-state index is 2.86. The van der Waals surface area contributed by atoms with E-state index in [1.807, 2.05) is 36.8 Å². The zero-order valence-corrected chi connectivity index (χ0v) is 7.87. The van der Waals surface area contributed by atoms with Gasteiger partial charge in [-0.3, -0.25) is 0 Å². The minimum absolute atomic E-state index is 1.31. The largest absolute Gasteiger partial charge is 0.368 e. The third kappa shape index (κ3) is 2.00. The van der Waals surface area contributed by atoms with Crippen LogP contribution < -0.4 is 0 Å². The van der Waals surface area contributed by atoms with E-state index in [2.05, 4.69) is 27.0 Å². The maximum atomic E-state index is 2.86. The molecule has 13 heavy (non-hydrogen) atoms. The van der Waals surface area contributed by atoms with Crippen molar-refractivity contribution in [1.82, 2.24) is 9.38 Å². The topological polar surface area (TPSA) is 20.2 Å². The molecule has 3 aromatic heterocycles. The molecule has 3 aromatic rings. The van der Waals surface area contributed by atoms with Gasteiger partial charge in [0.1, 0.15) is 0 Å². The molecule has 2 nitrogen and oxygen atoms in total. The Morgan fingerprint density at radius 2 is 1.92 bits per heavy atom. The fraction of sp³-hybridized carbons (Fsp3) is 0. The number of nitrogens with one attached hydrogen (secondary N) is 1. The van der Waals surface area contributed by atoms with Gasteiger partial charge < -0.3 is 9.38 Å². The smallest absolute Gasteiger partial charge is 0.0990 e. The SMILES string of the molecule is c1cc2sccn2c1.c1cc[nH]c1. The molecule has 0 aliphatic heterocycles. The van der Waals surface area contributed by atoms with Gasteiger partial charge in [0.05, 0.1) is 4.83 Å². The Labute approximate surface area is 80.5 Å². The fourth-order valence-electron chi connectivity index (χ4n) is 1.04. The molecule has 0 saturated carbocycles. The number of hydrogen-bond donors (Lipinski definition) is 1. The van der Waals surface area contributed by atoms with E-state index in [1.54, 1.807) is 11.3 Å². The summed E-state index contributed by atoms with van der Waals surface area (Å²) in [5, 5.41) is 2.08. The van der Waals surface area contributed by atoms with Gasteiger partial charge in [0.25, 0.3) is 0 Å². The number of H-pyrrole nitrogens is 1. The Morgan fingerprint density at radius 1 is 1.08 bits per heavy atom. The zero-order valence-electron chi connectivity index (χ0n) is 7.05. The number of aromatic nitrogens is 2. The minimum Gasteiger partial charge on any atom is -0.368 e. The van der Waals surface area contributed by atoms with Crippen LogP contribution in [0.5, 0.6) is 0 Å². The highest BCUT2D eigenvalue weighted by Gasteiger charge is 1.86. The molecule has 0 amide bonds. The molecule has 0 aromatic carbocycles. The van der Waals surface area contributed by atoms with Crippen molar-refractivity contribution in [3.63, 3.8) is 0 Å². The van der Waals surface area contributed by atoms with Gasteiger partial charge in [-0.25, -0.2) is 0 Å². The zero-order chi connectivity index (χ0) is 8.93. The van der Waals surface area contributed by atoms with Crippen molar-refractivity contribution >= 4 is 16.2 Å². The van der Waals surface area contributed by atoms with Crippen LogP contribution in [0.3, 0.4) is 0 Å². The number of thiazole rings is 1. The molecule has 3 rings (SSSR count). The van der Waals surface area contributed by atoms with Gasteiger partial charge in [-0.2, -0.15) is 0 Å². The Kier molecular flexibility index (Phi) is 2.48. The van der Waals surface area contributed by atoms with E-state index in [9.17, 15) is 0 Å². The summed E-state index contributed by atoms with van der Waals surface area (Å²) in [5.41, 5.74) is 0. The van der Waals surface area contributed by atoms with E-state index in [0.717, 1.165) is 0 Å². The molecular weight excluding hydrogens is 180 g/mol. The predicted molar refractivity (Wildman–Crippen MR) is 56.1 cm³/mol. The van der Waals surface area contributed by atoms with Crippen molar-refractivity contribution in [3.05, 3.63) is 54.4 Å². The number of nitrogens with zero attached hydrogens (tertiary/aromatic N) is 1. The highest BCUT2D eigenvalue weighted by Crippen LogP contribution is 2.10. The lowest BCUT2D eigenvalue weighted by atomic mass is 10.7. The van der Waals surface area contributed by atoms with E-state index in [-0.39, 0.29) is 0 Å². The van der Waals surface area contributed by atoms with Crippen LogP contribution in [-0.2, 0) is 0 Å². The summed E-state index contributed by atoms with van der Waals surface area (Å²) in [5.74, 6) is 0. The first-order valence-corrected chi connectivity index (χ1v) is 4.93. The van der Waals surface area contributed by atoms with Crippen LogP contribution in [0.15, 0.2) is 54.4 Å². The molecular formula is C10H10N2S. The van der Waals surface area contributed by atoms with Gasteiger partial charge in [0.15, 0.2) is 0 Å². The molecule has 0 saturated heterocycles. The maximum Gasteiger partial charge on any atom is 0.0990 e. The van der Waals surface area contributed by atoms with Crippen molar-refractivity contribution in [2.75, 3.05) is 0 Å². The first-order chi connectivity index (χ1) is 6.47. The van der Waals surface area contributed by atoms with E-state index >= 15 is 0 Å². The first kappa shape index (κ1) is 8.13. The molecule has 66 valence electrons. The Morgan fingerprint density at radius 3 is 2.54 bits per heavy atom. The van der Waals surface area contributed by atoms with Crippen LogP contribution in [0.1, 0.15) is 0 Å². The van der Waals surface area contributed by atoms with Crippen molar-refractivity contribution in [3.8, 4) is 0 Å². The highest BCUT2D eigenvalue weighted by atomic mass is 32.1. The molecule has 0 aliphatic carbocycles.